The number of carbonyl (C=O) groups is 2. The predicted molar refractivity (Wildman–Crippen MR) is 87.3 cm³/mol. The Balaban J connectivity index is 1.74. The molecule has 5 nitrogen and oxygen atoms in total. The van der Waals surface area contributed by atoms with Gasteiger partial charge in [-0.3, -0.25) is 9.78 Å². The highest BCUT2D eigenvalue weighted by Gasteiger charge is 2.76. The molecule has 1 aromatic heterocycles. The first-order chi connectivity index (χ1) is 11.3. The van der Waals surface area contributed by atoms with Gasteiger partial charge in [-0.1, -0.05) is 32.0 Å². The van der Waals surface area contributed by atoms with Gasteiger partial charge in [-0.25, -0.2) is 4.79 Å². The maximum atomic E-state index is 13.0. The third-order valence-electron chi connectivity index (χ3n) is 6.21. The maximum Gasteiger partial charge on any atom is 0.356 e. The van der Waals surface area contributed by atoms with Gasteiger partial charge < -0.3 is 9.47 Å². The maximum absolute atomic E-state index is 13.0. The SMILES string of the molecule is CC1(C)[C@]2(C)CC[C@]1(C(=O)Oc1cccc3cccnc13)OC2=O. The van der Waals surface area contributed by atoms with E-state index >= 15 is 0 Å². The molecule has 2 aromatic rings. The monoisotopic (exact) mass is 325 g/mol. The normalized spacial score (nSPS) is 30.4. The number of aromatic nitrogens is 1. The lowest BCUT2D eigenvalue weighted by molar-refractivity contribution is -0.176. The molecule has 0 unspecified atom stereocenters. The first kappa shape index (κ1) is 15.1. The molecule has 2 aliphatic rings. The first-order valence-corrected chi connectivity index (χ1v) is 8.11. The van der Waals surface area contributed by atoms with Crippen LogP contribution in [-0.2, 0) is 14.3 Å². The molecule has 0 N–H and O–H groups in total. The number of carbonyl (C=O) groups excluding carboxylic acids is 2. The molecule has 4 rings (SSSR count). The lowest BCUT2D eigenvalue weighted by Crippen LogP contribution is -2.50. The van der Waals surface area contributed by atoms with Crippen molar-refractivity contribution in [1.29, 1.82) is 0 Å². The molecule has 1 aromatic carbocycles. The van der Waals surface area contributed by atoms with Gasteiger partial charge in [0.2, 0.25) is 5.60 Å². The summed E-state index contributed by atoms with van der Waals surface area (Å²) in [5.41, 5.74) is -1.88. The minimum Gasteiger partial charge on any atom is -0.446 e. The predicted octanol–water partition coefficient (Wildman–Crippen LogP) is 3.26. The molecule has 0 amide bonds. The molecule has 5 heteroatoms. The van der Waals surface area contributed by atoms with E-state index in [1.807, 2.05) is 45.0 Å². The average molecular weight is 325 g/mol. The van der Waals surface area contributed by atoms with E-state index in [1.165, 1.54) is 0 Å². The highest BCUT2D eigenvalue weighted by molar-refractivity contribution is 5.96. The number of benzene rings is 1. The molecule has 1 saturated heterocycles. The van der Waals surface area contributed by atoms with E-state index in [0.717, 1.165) is 5.39 Å². The second-order valence-corrected chi connectivity index (χ2v) is 7.39. The van der Waals surface area contributed by atoms with Gasteiger partial charge in [0.15, 0.2) is 5.75 Å². The topological polar surface area (TPSA) is 65.5 Å². The molecule has 24 heavy (non-hydrogen) atoms. The van der Waals surface area contributed by atoms with Crippen LogP contribution in [0.25, 0.3) is 10.9 Å². The number of nitrogens with zero attached hydrogens (tertiary/aromatic N) is 1. The molecule has 1 aliphatic heterocycles. The second kappa shape index (κ2) is 4.56. The number of hydrogen-bond acceptors (Lipinski definition) is 5. The summed E-state index contributed by atoms with van der Waals surface area (Å²) in [4.78, 5) is 29.6. The van der Waals surface area contributed by atoms with E-state index in [2.05, 4.69) is 4.98 Å². The van der Waals surface area contributed by atoms with Crippen molar-refractivity contribution in [3.63, 3.8) is 0 Å². The van der Waals surface area contributed by atoms with Gasteiger partial charge in [-0.15, -0.1) is 0 Å². The Morgan fingerprint density at radius 1 is 1.17 bits per heavy atom. The van der Waals surface area contributed by atoms with Gasteiger partial charge in [0, 0.05) is 17.0 Å². The first-order valence-electron chi connectivity index (χ1n) is 8.11. The Kier molecular flexibility index (Phi) is 2.87. The number of pyridine rings is 1. The van der Waals surface area contributed by atoms with E-state index in [9.17, 15) is 9.59 Å². The average Bonchev–Trinajstić information content (AvgIpc) is 2.85. The summed E-state index contributed by atoms with van der Waals surface area (Å²) in [6.45, 7) is 5.69. The smallest absolute Gasteiger partial charge is 0.356 e. The van der Waals surface area contributed by atoms with Gasteiger partial charge in [0.25, 0.3) is 0 Å². The molecule has 124 valence electrons. The van der Waals surface area contributed by atoms with Gasteiger partial charge in [-0.2, -0.15) is 0 Å². The molecule has 0 radical (unpaired) electrons. The van der Waals surface area contributed by atoms with E-state index in [4.69, 9.17) is 9.47 Å². The molecule has 0 spiro atoms. The van der Waals surface area contributed by atoms with Crippen molar-refractivity contribution in [1.82, 2.24) is 4.98 Å². The lowest BCUT2D eigenvalue weighted by atomic mass is 9.66. The van der Waals surface area contributed by atoms with Crippen LogP contribution in [0.4, 0.5) is 0 Å². The largest absolute Gasteiger partial charge is 0.446 e. The van der Waals surface area contributed by atoms with Crippen LogP contribution >= 0.6 is 0 Å². The van der Waals surface area contributed by atoms with Crippen molar-refractivity contribution in [2.24, 2.45) is 10.8 Å². The van der Waals surface area contributed by atoms with Crippen LogP contribution in [0.1, 0.15) is 33.6 Å². The molecule has 2 heterocycles. The minimum atomic E-state index is -1.23. The highest BCUT2D eigenvalue weighted by atomic mass is 16.6. The summed E-state index contributed by atoms with van der Waals surface area (Å²) in [7, 11) is 0. The van der Waals surface area contributed by atoms with E-state index in [0.29, 0.717) is 24.1 Å². The molecule has 2 bridgehead atoms. The summed E-state index contributed by atoms with van der Waals surface area (Å²) in [6, 6.07) is 9.17. The van der Waals surface area contributed by atoms with Crippen LogP contribution in [-0.4, -0.2) is 22.5 Å². The summed E-state index contributed by atoms with van der Waals surface area (Å²) >= 11 is 0. The van der Waals surface area contributed by atoms with Crippen molar-refractivity contribution in [2.45, 2.75) is 39.2 Å². The fraction of sp³-hybridized carbons (Fsp3) is 0.421. The Morgan fingerprint density at radius 3 is 2.58 bits per heavy atom. The van der Waals surface area contributed by atoms with Crippen molar-refractivity contribution >= 4 is 22.8 Å². The fourth-order valence-corrected chi connectivity index (χ4v) is 4.04. The number of fused-ring (bicyclic) bond motifs is 3. The van der Waals surface area contributed by atoms with Crippen LogP contribution in [0.15, 0.2) is 36.5 Å². The third-order valence-corrected chi connectivity index (χ3v) is 6.21. The molecule has 2 fully saturated rings. The Bertz CT molecular complexity index is 869. The van der Waals surface area contributed by atoms with E-state index in [1.54, 1.807) is 12.3 Å². The van der Waals surface area contributed by atoms with E-state index in [-0.39, 0.29) is 5.97 Å². The Hall–Kier alpha value is -2.43. The highest BCUT2D eigenvalue weighted by Crippen LogP contribution is 2.65. The van der Waals surface area contributed by atoms with Crippen molar-refractivity contribution in [3.05, 3.63) is 36.5 Å². The summed E-state index contributed by atoms with van der Waals surface area (Å²) in [6.07, 6.45) is 2.77. The quantitative estimate of drug-likeness (QED) is 0.626. The standard InChI is InChI=1S/C19H19NO4/c1-17(2)18(3)9-10-19(17,24-15(18)21)16(22)23-13-8-4-6-12-7-5-11-20-14(12)13/h4-8,11H,9-10H2,1-3H3/t18-,19-/m1/s1. The van der Waals surface area contributed by atoms with Crippen molar-refractivity contribution < 1.29 is 19.1 Å². The van der Waals surface area contributed by atoms with Crippen molar-refractivity contribution in [3.8, 4) is 5.75 Å². The van der Waals surface area contributed by atoms with Gasteiger partial charge >= 0.3 is 11.9 Å². The Labute approximate surface area is 140 Å². The van der Waals surface area contributed by atoms with Crippen LogP contribution in [0, 0.1) is 10.8 Å². The van der Waals surface area contributed by atoms with Gasteiger partial charge in [0.05, 0.1) is 5.41 Å². The molecule has 2 atom stereocenters. The number of para-hydroxylation sites is 1. The van der Waals surface area contributed by atoms with Crippen LogP contribution in [0.5, 0.6) is 5.75 Å². The summed E-state index contributed by atoms with van der Waals surface area (Å²) in [5, 5.41) is 0.888. The zero-order valence-corrected chi connectivity index (χ0v) is 14.0. The van der Waals surface area contributed by atoms with E-state index < -0.39 is 22.4 Å². The van der Waals surface area contributed by atoms with Crippen molar-refractivity contribution in [2.75, 3.05) is 0 Å². The molecular weight excluding hydrogens is 306 g/mol. The van der Waals surface area contributed by atoms with Crippen LogP contribution in [0.3, 0.4) is 0 Å². The zero-order valence-electron chi connectivity index (χ0n) is 14.0. The molecule has 1 aliphatic carbocycles. The fourth-order valence-electron chi connectivity index (χ4n) is 4.04. The van der Waals surface area contributed by atoms with Crippen LogP contribution < -0.4 is 4.74 Å². The zero-order chi connectivity index (χ0) is 17.2. The number of rotatable bonds is 2. The lowest BCUT2D eigenvalue weighted by Gasteiger charge is -2.34. The third kappa shape index (κ3) is 1.62. The summed E-state index contributed by atoms with van der Waals surface area (Å²) in [5.74, 6) is -0.438. The van der Waals surface area contributed by atoms with Gasteiger partial charge in [-0.05, 0) is 31.9 Å². The number of ether oxygens (including phenoxy) is 2. The molecule has 1 saturated carbocycles. The second-order valence-electron chi connectivity index (χ2n) is 7.39. The molecular formula is C19H19NO4. The number of hydrogen-bond donors (Lipinski definition) is 0. The van der Waals surface area contributed by atoms with Gasteiger partial charge in [0.1, 0.15) is 5.52 Å². The number of esters is 2. The van der Waals surface area contributed by atoms with Crippen LogP contribution in [0.2, 0.25) is 0 Å². The minimum absolute atomic E-state index is 0.313. The summed E-state index contributed by atoms with van der Waals surface area (Å²) < 4.78 is 11.3. The Morgan fingerprint density at radius 2 is 1.92 bits per heavy atom.